The number of aryl methyl sites for hydroxylation is 1. The molecular formula is C23H26. The third-order valence-electron chi connectivity index (χ3n) is 5.09. The van der Waals surface area contributed by atoms with Crippen LogP contribution in [-0.2, 0) is 18.3 Å². The molecule has 0 radical (unpaired) electrons. The minimum absolute atomic E-state index is 0.0863. The van der Waals surface area contributed by atoms with Crippen LogP contribution in [0.1, 0.15) is 44.4 Å². The fourth-order valence-electron chi connectivity index (χ4n) is 3.72. The van der Waals surface area contributed by atoms with Crippen LogP contribution in [0.3, 0.4) is 0 Å². The van der Waals surface area contributed by atoms with E-state index in [0.29, 0.717) is 0 Å². The van der Waals surface area contributed by atoms with E-state index < -0.39 is 0 Å². The van der Waals surface area contributed by atoms with Crippen molar-refractivity contribution < 1.29 is 0 Å². The number of rotatable bonds is 3. The van der Waals surface area contributed by atoms with Crippen molar-refractivity contribution in [2.75, 3.05) is 0 Å². The van der Waals surface area contributed by atoms with Crippen LogP contribution in [0, 0.1) is 0 Å². The molecule has 1 aliphatic rings. The summed E-state index contributed by atoms with van der Waals surface area (Å²) in [5.74, 6) is 0. The summed E-state index contributed by atoms with van der Waals surface area (Å²) < 4.78 is 0. The Hall–Kier alpha value is -2.08. The number of hydrogen-bond donors (Lipinski definition) is 0. The van der Waals surface area contributed by atoms with Gasteiger partial charge in [0, 0.05) is 5.41 Å². The van der Waals surface area contributed by atoms with Gasteiger partial charge in [0.1, 0.15) is 0 Å². The quantitative estimate of drug-likeness (QED) is 0.628. The molecule has 0 saturated carbocycles. The molecule has 0 saturated heterocycles. The van der Waals surface area contributed by atoms with Crippen molar-refractivity contribution in [3.05, 3.63) is 83.0 Å². The van der Waals surface area contributed by atoms with Crippen molar-refractivity contribution in [1.82, 2.24) is 0 Å². The molecular weight excluding hydrogens is 276 g/mol. The van der Waals surface area contributed by atoms with Gasteiger partial charge in [-0.3, -0.25) is 0 Å². The molecule has 118 valence electrons. The second-order valence-electron chi connectivity index (χ2n) is 7.20. The highest BCUT2D eigenvalue weighted by atomic mass is 14.4. The van der Waals surface area contributed by atoms with Gasteiger partial charge in [-0.25, -0.2) is 0 Å². The molecule has 0 heterocycles. The Bertz CT molecular complexity index is 773. The predicted molar refractivity (Wildman–Crippen MR) is 101 cm³/mol. The van der Waals surface area contributed by atoms with Gasteiger partial charge in [0.15, 0.2) is 0 Å². The van der Waals surface area contributed by atoms with Crippen molar-refractivity contribution in [2.24, 2.45) is 0 Å². The van der Waals surface area contributed by atoms with Crippen molar-refractivity contribution >= 4 is 0 Å². The van der Waals surface area contributed by atoms with E-state index in [1.54, 1.807) is 0 Å². The molecule has 2 aromatic rings. The zero-order valence-corrected chi connectivity index (χ0v) is 14.7. The monoisotopic (exact) mass is 302 g/mol. The number of hydrogen-bond acceptors (Lipinski definition) is 0. The zero-order chi connectivity index (χ0) is 16.6. The van der Waals surface area contributed by atoms with E-state index in [4.69, 9.17) is 0 Å². The first-order chi connectivity index (χ1) is 10.9. The molecule has 3 rings (SSSR count). The zero-order valence-electron chi connectivity index (χ0n) is 14.7. The van der Waals surface area contributed by atoms with Crippen LogP contribution in [0.15, 0.2) is 66.3 Å². The van der Waals surface area contributed by atoms with Crippen molar-refractivity contribution in [3.63, 3.8) is 0 Å². The summed E-state index contributed by atoms with van der Waals surface area (Å²) in [7, 11) is 0. The molecule has 0 amide bonds. The highest BCUT2D eigenvalue weighted by Gasteiger charge is 2.35. The van der Waals surface area contributed by atoms with Crippen LogP contribution >= 0.6 is 0 Å². The number of allylic oxidation sites excluding steroid dienone is 3. The van der Waals surface area contributed by atoms with Crippen molar-refractivity contribution in [2.45, 2.75) is 46.0 Å². The lowest BCUT2D eigenvalue weighted by molar-refractivity contribution is 0.643. The number of fused-ring (bicyclic) bond motifs is 1. The van der Waals surface area contributed by atoms with Gasteiger partial charge < -0.3 is 0 Å². The van der Waals surface area contributed by atoms with E-state index in [-0.39, 0.29) is 5.41 Å². The molecule has 0 nitrogen and oxygen atoms in total. The average Bonchev–Trinajstić information content (AvgIpc) is 2.78. The highest BCUT2D eigenvalue weighted by molar-refractivity contribution is 5.69. The first kappa shape index (κ1) is 15.8. The maximum Gasteiger partial charge on any atom is 0.0115 e. The molecule has 2 aromatic carbocycles. The maximum atomic E-state index is 4.08. The van der Waals surface area contributed by atoms with Gasteiger partial charge >= 0.3 is 0 Å². The Balaban J connectivity index is 2.19. The van der Waals surface area contributed by atoms with Gasteiger partial charge in [0.05, 0.1) is 0 Å². The van der Waals surface area contributed by atoms with Crippen LogP contribution in [0.4, 0.5) is 0 Å². The molecule has 0 N–H and O–H groups in total. The normalized spacial score (nSPS) is 17.3. The van der Waals surface area contributed by atoms with Gasteiger partial charge in [-0.15, -0.1) is 0 Å². The molecule has 0 unspecified atom stereocenters. The Kier molecular flexibility index (Phi) is 4.02. The van der Waals surface area contributed by atoms with Crippen molar-refractivity contribution in [3.8, 4) is 11.1 Å². The standard InChI is InChI=1S/C23H26/c1-6-17-13-19(18-10-8-7-9-11-18)14-22-21(17)15-20(12-16(2)3)23(22,4)5/h7-14H,2,6,15H2,1,3-5H3/b20-12+. The van der Waals surface area contributed by atoms with E-state index in [1.807, 2.05) is 0 Å². The summed E-state index contributed by atoms with van der Waals surface area (Å²) in [4.78, 5) is 0. The van der Waals surface area contributed by atoms with Crippen LogP contribution in [0.5, 0.6) is 0 Å². The first-order valence-electron chi connectivity index (χ1n) is 8.51. The fraction of sp³-hybridized carbons (Fsp3) is 0.304. The molecule has 0 heteroatoms. The van der Waals surface area contributed by atoms with Crippen LogP contribution in [0.25, 0.3) is 11.1 Å². The Morgan fingerprint density at radius 3 is 2.43 bits per heavy atom. The maximum absolute atomic E-state index is 4.08. The summed E-state index contributed by atoms with van der Waals surface area (Å²) in [6.45, 7) is 13.1. The molecule has 0 fully saturated rings. The fourth-order valence-corrected chi connectivity index (χ4v) is 3.72. The van der Waals surface area contributed by atoms with E-state index in [0.717, 1.165) is 18.4 Å². The van der Waals surface area contributed by atoms with Crippen LogP contribution < -0.4 is 0 Å². The Morgan fingerprint density at radius 1 is 1.13 bits per heavy atom. The largest absolute Gasteiger partial charge is 0.0961 e. The summed E-state index contributed by atoms with van der Waals surface area (Å²) in [5.41, 5.74) is 9.86. The summed E-state index contributed by atoms with van der Waals surface area (Å²) in [5, 5.41) is 0. The molecule has 0 spiro atoms. The Labute approximate surface area is 140 Å². The molecule has 23 heavy (non-hydrogen) atoms. The smallest absolute Gasteiger partial charge is 0.0115 e. The highest BCUT2D eigenvalue weighted by Crippen LogP contribution is 2.46. The minimum atomic E-state index is 0.0863. The summed E-state index contributed by atoms with van der Waals surface area (Å²) in [6.07, 6.45) is 4.43. The van der Waals surface area contributed by atoms with E-state index >= 15 is 0 Å². The molecule has 0 aromatic heterocycles. The average molecular weight is 302 g/mol. The second kappa shape index (κ2) is 5.85. The molecule has 0 bridgehead atoms. The molecule has 1 aliphatic carbocycles. The Morgan fingerprint density at radius 2 is 1.83 bits per heavy atom. The lowest BCUT2D eigenvalue weighted by atomic mass is 9.80. The predicted octanol–water partition coefficient (Wildman–Crippen LogP) is 6.25. The molecule has 0 aliphatic heterocycles. The third-order valence-corrected chi connectivity index (χ3v) is 5.09. The minimum Gasteiger partial charge on any atom is -0.0961 e. The molecule has 0 atom stereocenters. The van der Waals surface area contributed by atoms with Gasteiger partial charge in [-0.2, -0.15) is 0 Å². The topological polar surface area (TPSA) is 0 Å². The van der Waals surface area contributed by atoms with E-state index in [2.05, 4.69) is 82.8 Å². The first-order valence-corrected chi connectivity index (χ1v) is 8.51. The third kappa shape index (κ3) is 2.79. The van der Waals surface area contributed by atoms with E-state index in [1.165, 1.54) is 33.4 Å². The van der Waals surface area contributed by atoms with Crippen LogP contribution in [0.2, 0.25) is 0 Å². The summed E-state index contributed by atoms with van der Waals surface area (Å²) in [6, 6.07) is 15.5. The summed E-state index contributed by atoms with van der Waals surface area (Å²) >= 11 is 0. The van der Waals surface area contributed by atoms with Crippen molar-refractivity contribution in [1.29, 1.82) is 0 Å². The lowest BCUT2D eigenvalue weighted by Crippen LogP contribution is -2.15. The SMILES string of the molecule is C=C(C)/C=C1\Cc2c(CC)cc(-c3ccccc3)cc2C1(C)C. The van der Waals surface area contributed by atoms with Gasteiger partial charge in [0.2, 0.25) is 0 Å². The number of benzene rings is 2. The van der Waals surface area contributed by atoms with Gasteiger partial charge in [-0.1, -0.05) is 81.0 Å². The van der Waals surface area contributed by atoms with Crippen LogP contribution in [-0.4, -0.2) is 0 Å². The lowest BCUT2D eigenvalue weighted by Gasteiger charge is -2.23. The van der Waals surface area contributed by atoms with Gasteiger partial charge in [0.25, 0.3) is 0 Å². The van der Waals surface area contributed by atoms with E-state index in [9.17, 15) is 0 Å². The van der Waals surface area contributed by atoms with Gasteiger partial charge in [-0.05, 0) is 53.6 Å². The second-order valence-corrected chi connectivity index (χ2v) is 7.20.